The van der Waals surface area contributed by atoms with Gasteiger partial charge in [0.05, 0.1) is 47.0 Å². The van der Waals surface area contributed by atoms with Gasteiger partial charge >= 0.3 is 11.9 Å². The van der Waals surface area contributed by atoms with Crippen molar-refractivity contribution in [3.8, 4) is 28.7 Å². The van der Waals surface area contributed by atoms with Crippen LogP contribution in [0.2, 0.25) is 0 Å². The summed E-state index contributed by atoms with van der Waals surface area (Å²) in [5.74, 6) is 0.298. The molecule has 11 heteroatoms. The molecule has 2 aromatic rings. The summed E-state index contributed by atoms with van der Waals surface area (Å²) in [5, 5.41) is 24.8. The number of aliphatic carboxylic acids is 2. The first kappa shape index (κ1) is 27.9. The van der Waals surface area contributed by atoms with Crippen LogP contribution in [0.3, 0.4) is 0 Å². The van der Waals surface area contributed by atoms with Gasteiger partial charge in [-0.05, 0) is 12.1 Å². The number of para-hydroxylation sites is 2. The van der Waals surface area contributed by atoms with Crippen molar-refractivity contribution in [2.24, 2.45) is 0 Å². The van der Waals surface area contributed by atoms with Crippen molar-refractivity contribution < 1.29 is 48.7 Å². The molecule has 1 aliphatic rings. The molecule has 11 nitrogen and oxygen atoms in total. The van der Waals surface area contributed by atoms with E-state index in [4.69, 9.17) is 34.3 Å². The first-order valence-corrected chi connectivity index (χ1v) is 10.0. The van der Waals surface area contributed by atoms with Crippen LogP contribution in [0.1, 0.15) is 19.3 Å². The number of amides is 1. The molecule has 0 aromatic heterocycles. The zero-order valence-electron chi connectivity index (χ0n) is 19.4. The van der Waals surface area contributed by atoms with Crippen LogP contribution in [0.4, 0.5) is 5.69 Å². The second-order valence-corrected chi connectivity index (χ2v) is 6.64. The monoisotopic (exact) mass is 479 g/mol. The minimum atomic E-state index is -1.08. The van der Waals surface area contributed by atoms with Crippen LogP contribution >= 0.6 is 0 Å². The highest BCUT2D eigenvalue weighted by Crippen LogP contribution is 2.41. The van der Waals surface area contributed by atoms with Crippen LogP contribution in [0.5, 0.6) is 28.7 Å². The van der Waals surface area contributed by atoms with Gasteiger partial charge in [-0.3, -0.25) is 14.4 Å². The Labute approximate surface area is 197 Å². The van der Waals surface area contributed by atoms with E-state index in [-0.39, 0.29) is 24.5 Å². The number of methoxy groups -OCH3 is 4. The van der Waals surface area contributed by atoms with Gasteiger partial charge in [-0.2, -0.15) is 0 Å². The number of β-lactam (4-membered cyclic amide) rings is 1. The minimum absolute atomic E-state index is 0.110. The SMILES string of the molecule is COc1cc(N2CCC2=O)cc(OC)c1OC.COc1ccccc1O.O=C(O)CCC(=O)O. The average Bonchev–Trinajstić information content (AvgIpc) is 2.82. The van der Waals surface area contributed by atoms with Crippen molar-refractivity contribution >= 4 is 23.5 Å². The topological polar surface area (TPSA) is 152 Å². The molecule has 3 rings (SSSR count). The van der Waals surface area contributed by atoms with Gasteiger partial charge in [0, 0.05) is 25.1 Å². The number of phenolic OH excluding ortho intramolecular Hbond substituents is 1. The van der Waals surface area contributed by atoms with E-state index in [1.54, 1.807) is 62.6 Å². The third kappa shape index (κ3) is 8.41. The fourth-order valence-electron chi connectivity index (χ4n) is 2.65. The van der Waals surface area contributed by atoms with Gasteiger partial charge in [-0.15, -0.1) is 0 Å². The van der Waals surface area contributed by atoms with Crippen LogP contribution in [0.25, 0.3) is 0 Å². The van der Waals surface area contributed by atoms with Crippen LogP contribution in [0.15, 0.2) is 36.4 Å². The number of hydrogen-bond acceptors (Lipinski definition) is 8. The highest BCUT2D eigenvalue weighted by molar-refractivity contribution is 5.99. The molecule has 0 radical (unpaired) electrons. The largest absolute Gasteiger partial charge is 0.504 e. The van der Waals surface area contributed by atoms with Gasteiger partial charge in [0.15, 0.2) is 23.0 Å². The Morgan fingerprint density at radius 3 is 1.65 bits per heavy atom. The number of ether oxygens (including phenoxy) is 4. The van der Waals surface area contributed by atoms with Crippen molar-refractivity contribution in [1.29, 1.82) is 0 Å². The zero-order chi connectivity index (χ0) is 25.7. The molecular formula is C23H29NO10. The third-order valence-corrected chi connectivity index (χ3v) is 4.45. The summed E-state index contributed by atoms with van der Waals surface area (Å²) in [6.07, 6.45) is 0.00132. The highest BCUT2D eigenvalue weighted by Gasteiger charge is 2.27. The number of carbonyl (C=O) groups excluding carboxylic acids is 1. The van der Waals surface area contributed by atoms with Crippen molar-refractivity contribution in [1.82, 2.24) is 0 Å². The van der Waals surface area contributed by atoms with E-state index in [0.717, 1.165) is 12.2 Å². The molecule has 0 bridgehead atoms. The highest BCUT2D eigenvalue weighted by atomic mass is 16.5. The quantitative estimate of drug-likeness (QED) is 0.482. The van der Waals surface area contributed by atoms with Crippen LogP contribution in [-0.2, 0) is 14.4 Å². The van der Waals surface area contributed by atoms with Gasteiger partial charge in [0.25, 0.3) is 0 Å². The number of rotatable bonds is 8. The molecule has 0 spiro atoms. The Balaban J connectivity index is 0.000000287. The molecule has 0 atom stereocenters. The first-order valence-electron chi connectivity index (χ1n) is 10.0. The maximum atomic E-state index is 11.4. The Morgan fingerprint density at radius 1 is 0.853 bits per heavy atom. The van der Waals surface area contributed by atoms with Gasteiger partial charge in [0.2, 0.25) is 11.7 Å². The summed E-state index contributed by atoms with van der Waals surface area (Å²) in [6.45, 7) is 0.734. The first-order chi connectivity index (χ1) is 16.2. The number of anilines is 1. The lowest BCUT2D eigenvalue weighted by Crippen LogP contribution is -2.43. The van der Waals surface area contributed by atoms with E-state index in [2.05, 4.69) is 0 Å². The summed E-state index contributed by atoms with van der Waals surface area (Å²) in [7, 11) is 6.18. The van der Waals surface area contributed by atoms with E-state index in [9.17, 15) is 14.4 Å². The Bertz CT molecular complexity index is 937. The average molecular weight is 479 g/mol. The lowest BCUT2D eigenvalue weighted by molar-refractivity contribution is -0.143. The predicted octanol–water partition coefficient (Wildman–Crippen LogP) is 2.79. The number of carboxylic acid groups (broad SMARTS) is 2. The van der Waals surface area contributed by atoms with Gasteiger partial charge in [-0.25, -0.2) is 0 Å². The van der Waals surface area contributed by atoms with E-state index in [1.165, 1.54) is 7.11 Å². The lowest BCUT2D eigenvalue weighted by atomic mass is 10.1. The molecule has 2 aromatic carbocycles. The molecule has 0 unspecified atom stereocenters. The smallest absolute Gasteiger partial charge is 0.303 e. The number of carbonyl (C=O) groups is 3. The van der Waals surface area contributed by atoms with Crippen LogP contribution in [0, 0.1) is 0 Å². The van der Waals surface area contributed by atoms with E-state index < -0.39 is 11.9 Å². The zero-order valence-corrected chi connectivity index (χ0v) is 19.4. The maximum Gasteiger partial charge on any atom is 0.303 e. The van der Waals surface area contributed by atoms with Crippen LogP contribution < -0.4 is 23.8 Å². The number of carboxylic acids is 2. The summed E-state index contributed by atoms with van der Waals surface area (Å²) in [4.78, 5) is 32.4. The minimum Gasteiger partial charge on any atom is -0.504 e. The number of phenols is 1. The molecule has 1 saturated heterocycles. The molecule has 186 valence electrons. The maximum absolute atomic E-state index is 11.4. The summed E-state index contributed by atoms with van der Waals surface area (Å²) < 4.78 is 20.5. The van der Waals surface area contributed by atoms with E-state index >= 15 is 0 Å². The second kappa shape index (κ2) is 14.1. The third-order valence-electron chi connectivity index (χ3n) is 4.45. The molecule has 1 amide bonds. The number of benzene rings is 2. The summed E-state index contributed by atoms with van der Waals surface area (Å²) in [6, 6.07) is 10.4. The summed E-state index contributed by atoms with van der Waals surface area (Å²) in [5.41, 5.74) is 0.774. The fourth-order valence-corrected chi connectivity index (χ4v) is 2.65. The van der Waals surface area contributed by atoms with Gasteiger partial charge < -0.3 is 39.2 Å². The molecule has 3 N–H and O–H groups in total. The van der Waals surface area contributed by atoms with E-state index in [0.29, 0.717) is 29.4 Å². The molecule has 1 heterocycles. The fraction of sp³-hybridized carbons (Fsp3) is 0.348. The Hall–Kier alpha value is -4.15. The van der Waals surface area contributed by atoms with Crippen LogP contribution in [-0.4, -0.2) is 68.1 Å². The lowest BCUT2D eigenvalue weighted by Gasteiger charge is -2.31. The van der Waals surface area contributed by atoms with Crippen molar-refractivity contribution in [2.75, 3.05) is 39.9 Å². The molecular weight excluding hydrogens is 450 g/mol. The molecule has 0 saturated carbocycles. The second-order valence-electron chi connectivity index (χ2n) is 6.64. The number of nitrogens with zero attached hydrogens (tertiary/aromatic N) is 1. The van der Waals surface area contributed by atoms with Gasteiger partial charge in [-0.1, -0.05) is 12.1 Å². The normalized spacial score (nSPS) is 11.5. The Kier molecular flexibility index (Phi) is 11.6. The number of aromatic hydroxyl groups is 1. The summed E-state index contributed by atoms with van der Waals surface area (Å²) >= 11 is 0. The van der Waals surface area contributed by atoms with E-state index in [1.807, 2.05) is 0 Å². The molecule has 1 fully saturated rings. The van der Waals surface area contributed by atoms with Crippen molar-refractivity contribution in [3.05, 3.63) is 36.4 Å². The number of hydrogen-bond donors (Lipinski definition) is 3. The molecule has 1 aliphatic heterocycles. The van der Waals surface area contributed by atoms with Crippen molar-refractivity contribution in [3.63, 3.8) is 0 Å². The molecule has 0 aliphatic carbocycles. The van der Waals surface area contributed by atoms with Gasteiger partial charge in [0.1, 0.15) is 0 Å². The molecule has 34 heavy (non-hydrogen) atoms. The van der Waals surface area contributed by atoms with Crippen molar-refractivity contribution in [2.45, 2.75) is 19.3 Å². The Morgan fingerprint density at radius 2 is 1.35 bits per heavy atom. The predicted molar refractivity (Wildman–Crippen MR) is 122 cm³/mol. The standard InChI is InChI=1S/C12H15NO4.C7H8O2.C4H6O4/c1-15-9-6-8(13-5-4-11(13)14)7-10(16-2)12(9)17-3;1-9-7-5-3-2-4-6(7)8;5-3(6)1-2-4(7)8/h6-7H,4-5H2,1-3H3;2-5,8H,1H3;1-2H2,(H,5,6)(H,7,8).